The van der Waals surface area contributed by atoms with Crippen molar-refractivity contribution in [3.63, 3.8) is 0 Å². The van der Waals surface area contributed by atoms with E-state index in [1.54, 1.807) is 6.92 Å². The number of thioether (sulfide) groups is 1. The van der Waals surface area contributed by atoms with Gasteiger partial charge in [0.05, 0.1) is 11.8 Å². The van der Waals surface area contributed by atoms with Gasteiger partial charge in [-0.3, -0.25) is 4.79 Å². The van der Waals surface area contributed by atoms with Crippen LogP contribution in [0.2, 0.25) is 0 Å². The molecule has 0 radical (unpaired) electrons. The van der Waals surface area contributed by atoms with Crippen molar-refractivity contribution in [2.24, 2.45) is 5.92 Å². The van der Waals surface area contributed by atoms with Crippen LogP contribution in [-0.2, 0) is 4.79 Å². The number of hydrogen-bond donors (Lipinski definition) is 1. The van der Waals surface area contributed by atoms with E-state index in [1.165, 1.54) is 0 Å². The zero-order valence-electron chi connectivity index (χ0n) is 15.1. The standard InChI is InChI=1S/C18H22N4O2S/c1-11(2)18(5,10-19)20-15(23)9-25-17-22-21-16(24-17)14-7-12(3)6-13(4)8-14/h6-8,11H,9H2,1-5H3,(H,20,23)/t18-/m0/s1. The molecule has 1 aromatic heterocycles. The molecule has 132 valence electrons. The fourth-order valence-corrected chi connectivity index (χ4v) is 2.80. The number of nitrogens with zero attached hydrogens (tertiary/aromatic N) is 3. The number of carbonyl (C=O) groups excluding carboxylic acids is 1. The predicted octanol–water partition coefficient (Wildman–Crippen LogP) is 3.50. The highest BCUT2D eigenvalue weighted by Gasteiger charge is 2.30. The number of benzene rings is 1. The van der Waals surface area contributed by atoms with Gasteiger partial charge in [0.25, 0.3) is 5.22 Å². The van der Waals surface area contributed by atoms with E-state index in [0.29, 0.717) is 11.1 Å². The Morgan fingerprint density at radius 3 is 2.52 bits per heavy atom. The van der Waals surface area contributed by atoms with Gasteiger partial charge in [-0.05, 0) is 38.8 Å². The van der Waals surface area contributed by atoms with E-state index >= 15 is 0 Å². The molecule has 0 unspecified atom stereocenters. The van der Waals surface area contributed by atoms with Crippen LogP contribution in [-0.4, -0.2) is 27.4 Å². The first kappa shape index (κ1) is 19.0. The number of amides is 1. The number of nitriles is 1. The van der Waals surface area contributed by atoms with Crippen LogP contribution in [0.25, 0.3) is 11.5 Å². The molecule has 0 saturated carbocycles. The largest absolute Gasteiger partial charge is 0.411 e. The second-order valence-corrected chi connectivity index (χ2v) is 7.48. The SMILES string of the molecule is Cc1cc(C)cc(-c2nnc(SCC(=O)N[C@@](C)(C#N)C(C)C)o2)c1. The minimum Gasteiger partial charge on any atom is -0.411 e. The van der Waals surface area contributed by atoms with E-state index in [4.69, 9.17) is 4.42 Å². The summed E-state index contributed by atoms with van der Waals surface area (Å²) in [7, 11) is 0. The Kier molecular flexibility index (Phi) is 5.85. The zero-order valence-corrected chi connectivity index (χ0v) is 15.9. The number of rotatable bonds is 6. The van der Waals surface area contributed by atoms with Crippen molar-refractivity contribution in [1.82, 2.24) is 15.5 Å². The van der Waals surface area contributed by atoms with E-state index in [0.717, 1.165) is 28.5 Å². The van der Waals surface area contributed by atoms with Gasteiger partial charge in [-0.2, -0.15) is 5.26 Å². The summed E-state index contributed by atoms with van der Waals surface area (Å²) < 4.78 is 5.63. The molecule has 25 heavy (non-hydrogen) atoms. The van der Waals surface area contributed by atoms with Crippen molar-refractivity contribution in [2.75, 3.05) is 5.75 Å². The average molecular weight is 358 g/mol. The van der Waals surface area contributed by atoms with E-state index in [9.17, 15) is 10.1 Å². The Balaban J connectivity index is 2.00. The number of carbonyl (C=O) groups is 1. The van der Waals surface area contributed by atoms with Crippen LogP contribution in [0.4, 0.5) is 0 Å². The fourth-order valence-electron chi connectivity index (χ4n) is 2.24. The van der Waals surface area contributed by atoms with Crippen LogP contribution in [0, 0.1) is 31.1 Å². The van der Waals surface area contributed by atoms with E-state index < -0.39 is 5.54 Å². The van der Waals surface area contributed by atoms with E-state index in [1.807, 2.05) is 39.8 Å². The molecule has 1 aromatic carbocycles. The topological polar surface area (TPSA) is 91.8 Å². The molecule has 1 N–H and O–H groups in total. The molecule has 0 spiro atoms. The van der Waals surface area contributed by atoms with Gasteiger partial charge in [0.1, 0.15) is 5.54 Å². The monoisotopic (exact) mass is 358 g/mol. The maximum absolute atomic E-state index is 12.1. The van der Waals surface area contributed by atoms with Crippen molar-refractivity contribution in [3.05, 3.63) is 29.3 Å². The van der Waals surface area contributed by atoms with Gasteiger partial charge < -0.3 is 9.73 Å². The lowest BCUT2D eigenvalue weighted by atomic mass is 9.90. The highest BCUT2D eigenvalue weighted by molar-refractivity contribution is 7.99. The maximum atomic E-state index is 12.1. The molecule has 1 heterocycles. The van der Waals surface area contributed by atoms with Crippen LogP contribution in [0.15, 0.2) is 27.8 Å². The van der Waals surface area contributed by atoms with Gasteiger partial charge in [0.15, 0.2) is 0 Å². The zero-order chi connectivity index (χ0) is 18.6. The molecule has 0 saturated heterocycles. The number of hydrogen-bond acceptors (Lipinski definition) is 6. The van der Waals surface area contributed by atoms with Gasteiger partial charge in [-0.25, -0.2) is 0 Å². The molecule has 0 aliphatic rings. The second-order valence-electron chi connectivity index (χ2n) is 6.56. The Labute approximate surface area is 152 Å². The lowest BCUT2D eigenvalue weighted by Gasteiger charge is -2.27. The van der Waals surface area contributed by atoms with Crippen molar-refractivity contribution in [3.8, 4) is 17.5 Å². The molecular weight excluding hydrogens is 336 g/mol. The van der Waals surface area contributed by atoms with Crippen molar-refractivity contribution in [2.45, 2.75) is 45.4 Å². The first-order chi connectivity index (χ1) is 11.7. The summed E-state index contributed by atoms with van der Waals surface area (Å²) >= 11 is 1.15. The van der Waals surface area contributed by atoms with E-state index in [2.05, 4.69) is 27.6 Å². The molecule has 2 aromatic rings. The van der Waals surface area contributed by atoms with Gasteiger partial charge >= 0.3 is 0 Å². The minimum absolute atomic E-state index is 0.00557. The minimum atomic E-state index is -0.892. The Morgan fingerprint density at radius 2 is 1.96 bits per heavy atom. The third-order valence-electron chi connectivity index (χ3n) is 3.99. The van der Waals surface area contributed by atoms with Gasteiger partial charge in [0.2, 0.25) is 11.8 Å². The van der Waals surface area contributed by atoms with Crippen LogP contribution >= 0.6 is 11.8 Å². The molecule has 1 amide bonds. The van der Waals surface area contributed by atoms with Crippen molar-refractivity contribution < 1.29 is 9.21 Å². The van der Waals surface area contributed by atoms with Crippen LogP contribution in [0.3, 0.4) is 0 Å². The summed E-state index contributed by atoms with van der Waals surface area (Å²) in [4.78, 5) is 12.1. The molecular formula is C18H22N4O2S. The van der Waals surface area contributed by atoms with Crippen LogP contribution < -0.4 is 5.32 Å². The quantitative estimate of drug-likeness (QED) is 0.795. The number of aromatic nitrogens is 2. The Bertz CT molecular complexity index is 789. The first-order valence-electron chi connectivity index (χ1n) is 8.00. The molecule has 0 aliphatic heterocycles. The van der Waals surface area contributed by atoms with Gasteiger partial charge in [-0.15, -0.1) is 10.2 Å². The smallest absolute Gasteiger partial charge is 0.277 e. The van der Waals surface area contributed by atoms with Crippen molar-refractivity contribution in [1.29, 1.82) is 5.26 Å². The summed E-state index contributed by atoms with van der Waals surface area (Å²) in [6, 6.07) is 8.17. The number of aryl methyl sites for hydroxylation is 2. The first-order valence-corrected chi connectivity index (χ1v) is 8.99. The Morgan fingerprint density at radius 1 is 1.32 bits per heavy atom. The normalized spacial score (nSPS) is 13.3. The Hall–Kier alpha value is -2.33. The number of nitrogens with one attached hydrogen (secondary N) is 1. The second kappa shape index (κ2) is 7.70. The lowest BCUT2D eigenvalue weighted by Crippen LogP contribution is -2.49. The van der Waals surface area contributed by atoms with Crippen LogP contribution in [0.5, 0.6) is 0 Å². The highest BCUT2D eigenvalue weighted by atomic mass is 32.2. The highest BCUT2D eigenvalue weighted by Crippen LogP contribution is 2.25. The van der Waals surface area contributed by atoms with Gasteiger partial charge in [-0.1, -0.05) is 42.8 Å². The molecule has 2 rings (SSSR count). The molecule has 0 fully saturated rings. The fraction of sp³-hybridized carbons (Fsp3) is 0.444. The summed E-state index contributed by atoms with van der Waals surface area (Å²) in [6.07, 6.45) is 0. The average Bonchev–Trinajstić information content (AvgIpc) is 3.00. The molecule has 0 bridgehead atoms. The predicted molar refractivity (Wildman–Crippen MR) is 96.9 cm³/mol. The third kappa shape index (κ3) is 4.83. The van der Waals surface area contributed by atoms with Gasteiger partial charge in [0, 0.05) is 5.56 Å². The van der Waals surface area contributed by atoms with Crippen molar-refractivity contribution >= 4 is 17.7 Å². The summed E-state index contributed by atoms with van der Waals surface area (Å²) in [5.41, 5.74) is 2.20. The lowest BCUT2D eigenvalue weighted by molar-refractivity contribution is -0.120. The summed E-state index contributed by atoms with van der Waals surface area (Å²) in [5, 5.41) is 20.4. The molecule has 1 atom stereocenters. The molecule has 7 heteroatoms. The van der Waals surface area contributed by atoms with E-state index in [-0.39, 0.29) is 17.6 Å². The summed E-state index contributed by atoms with van der Waals surface area (Å²) in [6.45, 7) is 9.52. The summed E-state index contributed by atoms with van der Waals surface area (Å²) in [5.74, 6) is 0.303. The van der Waals surface area contributed by atoms with Crippen LogP contribution in [0.1, 0.15) is 31.9 Å². The molecule has 6 nitrogen and oxygen atoms in total. The third-order valence-corrected chi connectivity index (χ3v) is 4.81. The maximum Gasteiger partial charge on any atom is 0.277 e. The molecule has 0 aliphatic carbocycles.